The number of nitrogens with zero attached hydrogens (tertiary/aromatic N) is 4. The van der Waals surface area contributed by atoms with E-state index in [-0.39, 0.29) is 24.2 Å². The van der Waals surface area contributed by atoms with E-state index in [4.69, 9.17) is 9.26 Å². The van der Waals surface area contributed by atoms with Gasteiger partial charge in [0.15, 0.2) is 0 Å². The Morgan fingerprint density at radius 2 is 1.88 bits per heavy atom. The van der Waals surface area contributed by atoms with Crippen LogP contribution in [-0.4, -0.2) is 45.1 Å². The van der Waals surface area contributed by atoms with Gasteiger partial charge in [0, 0.05) is 18.0 Å². The maximum absolute atomic E-state index is 13.7. The summed E-state index contributed by atoms with van der Waals surface area (Å²) in [5.41, 5.74) is 1.96. The lowest BCUT2D eigenvalue weighted by Gasteiger charge is -2.39. The average Bonchev–Trinajstić information content (AvgIpc) is 3.29. The molecule has 0 radical (unpaired) electrons. The number of carbonyl (C=O) groups excluding carboxylic acids is 1. The van der Waals surface area contributed by atoms with Crippen LogP contribution >= 0.6 is 0 Å². The third-order valence-corrected chi connectivity index (χ3v) is 5.25. The van der Waals surface area contributed by atoms with Gasteiger partial charge in [0.2, 0.25) is 11.7 Å². The van der Waals surface area contributed by atoms with E-state index in [1.807, 2.05) is 30.3 Å². The number of amides is 1. The van der Waals surface area contributed by atoms with Gasteiger partial charge >= 0.3 is 0 Å². The zero-order valence-electron chi connectivity index (χ0n) is 17.0. The Hall–Kier alpha value is -4.07. The van der Waals surface area contributed by atoms with Crippen LogP contribution in [0.25, 0.3) is 22.8 Å². The minimum Gasteiger partial charge on any atom is -0.487 e. The monoisotopic (exact) mass is 430 g/mol. The fourth-order valence-electron chi connectivity index (χ4n) is 3.46. The largest absolute Gasteiger partial charge is 0.487 e. The van der Waals surface area contributed by atoms with E-state index in [0.29, 0.717) is 36.1 Å². The van der Waals surface area contributed by atoms with Gasteiger partial charge in [0.1, 0.15) is 17.7 Å². The van der Waals surface area contributed by atoms with E-state index in [1.165, 1.54) is 6.07 Å². The van der Waals surface area contributed by atoms with Gasteiger partial charge in [-0.05, 0) is 48.0 Å². The summed E-state index contributed by atoms with van der Waals surface area (Å²) in [6.07, 6.45) is 3.31. The molecule has 2 aromatic heterocycles. The van der Waals surface area contributed by atoms with Crippen LogP contribution in [0.5, 0.6) is 5.75 Å². The highest BCUT2D eigenvalue weighted by Crippen LogP contribution is 2.25. The van der Waals surface area contributed by atoms with Crippen molar-refractivity contribution in [2.45, 2.75) is 12.5 Å². The lowest BCUT2D eigenvalue weighted by Crippen LogP contribution is -2.56. The molecule has 8 heteroatoms. The molecule has 2 aromatic carbocycles. The summed E-state index contributed by atoms with van der Waals surface area (Å²) in [4.78, 5) is 22.5. The van der Waals surface area contributed by atoms with Crippen molar-refractivity contribution in [1.29, 1.82) is 0 Å². The van der Waals surface area contributed by atoms with Crippen molar-refractivity contribution in [3.8, 4) is 28.6 Å². The van der Waals surface area contributed by atoms with Crippen molar-refractivity contribution in [3.05, 3.63) is 84.4 Å². The van der Waals surface area contributed by atoms with Gasteiger partial charge in [-0.3, -0.25) is 9.78 Å². The van der Waals surface area contributed by atoms with Gasteiger partial charge in [-0.1, -0.05) is 23.4 Å². The fourth-order valence-corrected chi connectivity index (χ4v) is 3.46. The number of halogens is 1. The molecule has 1 amide bonds. The normalized spacial score (nSPS) is 13.6. The van der Waals surface area contributed by atoms with Gasteiger partial charge in [-0.25, -0.2) is 4.39 Å². The number of hydrogen-bond donors (Lipinski definition) is 0. The van der Waals surface area contributed by atoms with Crippen molar-refractivity contribution < 1.29 is 18.4 Å². The molecule has 0 spiro atoms. The van der Waals surface area contributed by atoms with Gasteiger partial charge in [-0.15, -0.1) is 0 Å². The number of pyridine rings is 1. The standard InChI is InChI=1S/C24H19FN4O3/c25-21-6-2-1-4-17(21)12-22(30)29-14-20(15-29)31-19-9-7-16(8-10-19)23-27-24(32-28-23)18-5-3-11-26-13-18/h1-11,13,20H,12,14-15H2. The number of aromatic nitrogens is 3. The lowest BCUT2D eigenvalue weighted by molar-refractivity contribution is -0.139. The Balaban J connectivity index is 1.15. The average molecular weight is 430 g/mol. The predicted octanol–water partition coefficient (Wildman–Crippen LogP) is 3.77. The lowest BCUT2D eigenvalue weighted by atomic mass is 10.1. The fraction of sp³-hybridized carbons (Fsp3) is 0.167. The molecule has 160 valence electrons. The van der Waals surface area contributed by atoms with Crippen LogP contribution in [0, 0.1) is 5.82 Å². The molecule has 0 bridgehead atoms. The molecule has 0 saturated carbocycles. The van der Waals surface area contributed by atoms with Crippen LogP contribution in [0.15, 0.2) is 77.6 Å². The van der Waals surface area contributed by atoms with E-state index < -0.39 is 0 Å². The first-order valence-corrected chi connectivity index (χ1v) is 10.2. The summed E-state index contributed by atoms with van der Waals surface area (Å²) in [5.74, 6) is 1.11. The Labute approximate surface area is 183 Å². The topological polar surface area (TPSA) is 81.4 Å². The third kappa shape index (κ3) is 4.20. The maximum Gasteiger partial charge on any atom is 0.259 e. The summed E-state index contributed by atoms with van der Waals surface area (Å²) in [5, 5.41) is 4.03. The van der Waals surface area contributed by atoms with Crippen LogP contribution in [-0.2, 0) is 11.2 Å². The zero-order chi connectivity index (χ0) is 21.9. The first kappa shape index (κ1) is 19.9. The SMILES string of the molecule is O=C(Cc1ccccc1F)N1CC(Oc2ccc(-c3noc(-c4cccnc4)n3)cc2)C1. The summed E-state index contributed by atoms with van der Waals surface area (Å²) < 4.78 is 25.0. The van der Waals surface area contributed by atoms with Crippen LogP contribution in [0.4, 0.5) is 4.39 Å². The van der Waals surface area contributed by atoms with Crippen LogP contribution in [0.1, 0.15) is 5.56 Å². The summed E-state index contributed by atoms with van der Waals surface area (Å²) in [7, 11) is 0. The van der Waals surface area contributed by atoms with Crippen molar-refractivity contribution in [3.63, 3.8) is 0 Å². The second-order valence-electron chi connectivity index (χ2n) is 7.50. The molecule has 5 rings (SSSR count). The Morgan fingerprint density at radius 1 is 1.06 bits per heavy atom. The minimum atomic E-state index is -0.358. The smallest absolute Gasteiger partial charge is 0.259 e. The molecule has 0 unspecified atom stereocenters. The van der Waals surface area contributed by atoms with Gasteiger partial charge in [0.25, 0.3) is 5.89 Å². The number of rotatable bonds is 6. The summed E-state index contributed by atoms with van der Waals surface area (Å²) in [6, 6.07) is 17.4. The Bertz CT molecular complexity index is 1220. The Morgan fingerprint density at radius 3 is 2.62 bits per heavy atom. The predicted molar refractivity (Wildman–Crippen MR) is 114 cm³/mol. The van der Waals surface area contributed by atoms with Crippen LogP contribution in [0.3, 0.4) is 0 Å². The highest BCUT2D eigenvalue weighted by Gasteiger charge is 2.32. The van der Waals surface area contributed by atoms with Crippen molar-refractivity contribution in [2.75, 3.05) is 13.1 Å². The molecule has 1 aliphatic heterocycles. The van der Waals surface area contributed by atoms with Gasteiger partial charge in [-0.2, -0.15) is 4.98 Å². The highest BCUT2D eigenvalue weighted by atomic mass is 19.1. The number of hydrogen-bond acceptors (Lipinski definition) is 6. The van der Waals surface area contributed by atoms with Crippen molar-refractivity contribution in [2.24, 2.45) is 0 Å². The Kier molecular flexibility index (Phi) is 5.33. The first-order chi connectivity index (χ1) is 15.7. The molecule has 1 aliphatic rings. The molecule has 32 heavy (non-hydrogen) atoms. The maximum atomic E-state index is 13.7. The van der Waals surface area contributed by atoms with E-state index in [2.05, 4.69) is 15.1 Å². The van der Waals surface area contributed by atoms with Crippen molar-refractivity contribution in [1.82, 2.24) is 20.0 Å². The third-order valence-electron chi connectivity index (χ3n) is 5.25. The summed E-state index contributed by atoms with van der Waals surface area (Å²) in [6.45, 7) is 0.961. The molecular weight excluding hydrogens is 411 g/mol. The van der Waals surface area contributed by atoms with E-state index in [0.717, 1.165) is 11.1 Å². The zero-order valence-corrected chi connectivity index (χ0v) is 17.0. The number of benzene rings is 2. The molecule has 7 nitrogen and oxygen atoms in total. The number of carbonyl (C=O) groups is 1. The number of likely N-dealkylation sites (tertiary alicyclic amines) is 1. The van der Waals surface area contributed by atoms with E-state index >= 15 is 0 Å². The molecule has 1 fully saturated rings. The molecule has 0 aliphatic carbocycles. The molecule has 0 N–H and O–H groups in total. The molecule has 4 aromatic rings. The molecule has 1 saturated heterocycles. The number of ether oxygens (including phenoxy) is 1. The van der Waals surface area contributed by atoms with Gasteiger partial charge < -0.3 is 14.2 Å². The molecule has 3 heterocycles. The van der Waals surface area contributed by atoms with Crippen molar-refractivity contribution >= 4 is 5.91 Å². The second kappa shape index (κ2) is 8.58. The quantitative estimate of drug-likeness (QED) is 0.463. The highest BCUT2D eigenvalue weighted by molar-refractivity contribution is 5.79. The van der Waals surface area contributed by atoms with E-state index in [9.17, 15) is 9.18 Å². The minimum absolute atomic E-state index is 0.0554. The van der Waals surface area contributed by atoms with Crippen LogP contribution in [0.2, 0.25) is 0 Å². The van der Waals surface area contributed by atoms with Crippen LogP contribution < -0.4 is 4.74 Å². The first-order valence-electron chi connectivity index (χ1n) is 10.2. The second-order valence-corrected chi connectivity index (χ2v) is 7.50. The molecule has 0 atom stereocenters. The summed E-state index contributed by atoms with van der Waals surface area (Å²) >= 11 is 0. The van der Waals surface area contributed by atoms with Gasteiger partial charge in [0.05, 0.1) is 25.1 Å². The molecular formula is C24H19FN4O3. The van der Waals surface area contributed by atoms with E-state index in [1.54, 1.807) is 41.6 Å².